The summed E-state index contributed by atoms with van der Waals surface area (Å²) in [6.07, 6.45) is 0. The summed E-state index contributed by atoms with van der Waals surface area (Å²) >= 11 is 1.57. The van der Waals surface area contributed by atoms with Crippen molar-refractivity contribution in [1.82, 2.24) is 9.80 Å². The Morgan fingerprint density at radius 2 is 1.65 bits per heavy atom. The fourth-order valence-electron chi connectivity index (χ4n) is 3.02. The van der Waals surface area contributed by atoms with Gasteiger partial charge in [-0.25, -0.2) is 0 Å². The minimum Gasteiger partial charge on any atom is -0.339 e. The summed E-state index contributed by atoms with van der Waals surface area (Å²) in [4.78, 5) is 29.4. The molecule has 4 nitrogen and oxygen atoms in total. The Labute approximate surface area is 140 Å². The molecule has 0 unspecified atom stereocenters. The van der Waals surface area contributed by atoms with Crippen LogP contribution in [-0.2, 0) is 4.79 Å². The Morgan fingerprint density at radius 1 is 1.04 bits per heavy atom. The summed E-state index contributed by atoms with van der Waals surface area (Å²) in [5.74, 6) is 0.289. The molecule has 1 fully saturated rings. The first kappa shape index (κ1) is 16.0. The fourth-order valence-corrected chi connectivity index (χ4v) is 4.19. The van der Waals surface area contributed by atoms with Gasteiger partial charge in [0.05, 0.1) is 4.88 Å². The molecule has 0 saturated carbocycles. The maximum atomic E-state index is 12.8. The van der Waals surface area contributed by atoms with Gasteiger partial charge in [-0.1, -0.05) is 32.0 Å². The van der Waals surface area contributed by atoms with Crippen molar-refractivity contribution in [2.45, 2.75) is 20.8 Å². The van der Waals surface area contributed by atoms with Crippen molar-refractivity contribution >= 4 is 33.2 Å². The van der Waals surface area contributed by atoms with E-state index in [0.717, 1.165) is 20.5 Å². The molecule has 0 aliphatic carbocycles. The molecular weight excluding hydrogens is 308 g/mol. The van der Waals surface area contributed by atoms with Crippen molar-refractivity contribution in [2.24, 2.45) is 5.92 Å². The number of nitrogens with zero attached hydrogens (tertiary/aromatic N) is 2. The van der Waals surface area contributed by atoms with Crippen LogP contribution in [-0.4, -0.2) is 47.8 Å². The second-order valence-electron chi connectivity index (χ2n) is 6.32. The lowest BCUT2D eigenvalue weighted by atomic mass is 10.1. The molecule has 2 amide bonds. The highest BCUT2D eigenvalue weighted by Crippen LogP contribution is 2.31. The Bertz CT molecular complexity index is 743. The van der Waals surface area contributed by atoms with Crippen LogP contribution in [0.15, 0.2) is 24.3 Å². The molecule has 2 heterocycles. The number of fused-ring (bicyclic) bond motifs is 1. The molecule has 0 bridgehead atoms. The number of hydrogen-bond acceptors (Lipinski definition) is 3. The van der Waals surface area contributed by atoms with Gasteiger partial charge in [-0.2, -0.15) is 0 Å². The van der Waals surface area contributed by atoms with Crippen LogP contribution in [0.2, 0.25) is 0 Å². The highest BCUT2D eigenvalue weighted by molar-refractivity contribution is 7.21. The van der Waals surface area contributed by atoms with Gasteiger partial charge in [0.1, 0.15) is 0 Å². The summed E-state index contributed by atoms with van der Waals surface area (Å²) in [6, 6.07) is 8.13. The van der Waals surface area contributed by atoms with E-state index < -0.39 is 0 Å². The first-order valence-corrected chi connectivity index (χ1v) is 8.87. The maximum Gasteiger partial charge on any atom is 0.264 e. The van der Waals surface area contributed by atoms with E-state index in [-0.39, 0.29) is 17.7 Å². The van der Waals surface area contributed by atoms with Crippen molar-refractivity contribution in [3.63, 3.8) is 0 Å². The molecule has 5 heteroatoms. The molecule has 1 aromatic heterocycles. The number of hydrogen-bond donors (Lipinski definition) is 0. The maximum absolute atomic E-state index is 12.8. The number of piperazine rings is 1. The molecule has 0 spiro atoms. The standard InChI is InChI=1S/C18H22N2O2S/c1-12(2)17(21)19-8-10-20(11-9-19)18(22)16-13(3)14-6-4-5-7-15(14)23-16/h4-7,12H,8-11H2,1-3H3. The molecular formula is C18H22N2O2S. The number of benzene rings is 1. The Kier molecular flexibility index (Phi) is 4.39. The lowest BCUT2D eigenvalue weighted by Gasteiger charge is -2.35. The number of thiophene rings is 1. The normalized spacial score (nSPS) is 15.5. The summed E-state index contributed by atoms with van der Waals surface area (Å²) in [5, 5.41) is 1.16. The van der Waals surface area contributed by atoms with Crippen LogP contribution in [0.3, 0.4) is 0 Å². The van der Waals surface area contributed by atoms with Gasteiger partial charge in [-0.3, -0.25) is 9.59 Å². The zero-order chi connectivity index (χ0) is 16.6. The van der Waals surface area contributed by atoms with Crippen molar-refractivity contribution in [3.05, 3.63) is 34.7 Å². The second kappa shape index (κ2) is 6.32. The lowest BCUT2D eigenvalue weighted by Crippen LogP contribution is -2.51. The Hall–Kier alpha value is -1.88. The summed E-state index contributed by atoms with van der Waals surface area (Å²) in [6.45, 7) is 8.35. The van der Waals surface area contributed by atoms with Gasteiger partial charge in [0, 0.05) is 36.8 Å². The van der Waals surface area contributed by atoms with E-state index in [1.54, 1.807) is 11.3 Å². The average Bonchev–Trinajstić information content (AvgIpc) is 2.91. The van der Waals surface area contributed by atoms with E-state index in [4.69, 9.17) is 0 Å². The molecule has 1 aliphatic heterocycles. The summed E-state index contributed by atoms with van der Waals surface area (Å²) in [7, 11) is 0. The van der Waals surface area contributed by atoms with E-state index in [1.165, 1.54) is 0 Å². The van der Waals surface area contributed by atoms with E-state index in [0.29, 0.717) is 26.2 Å². The van der Waals surface area contributed by atoms with E-state index in [2.05, 4.69) is 12.1 Å². The number of carbonyl (C=O) groups excluding carboxylic acids is 2. The summed E-state index contributed by atoms with van der Waals surface area (Å²) in [5.41, 5.74) is 1.07. The molecule has 0 radical (unpaired) electrons. The second-order valence-corrected chi connectivity index (χ2v) is 7.38. The first-order chi connectivity index (χ1) is 11.0. The third kappa shape index (κ3) is 2.98. The average molecular weight is 330 g/mol. The van der Waals surface area contributed by atoms with E-state index >= 15 is 0 Å². The molecule has 0 N–H and O–H groups in total. The van der Waals surface area contributed by atoms with Crippen LogP contribution < -0.4 is 0 Å². The van der Waals surface area contributed by atoms with Crippen LogP contribution in [0.1, 0.15) is 29.1 Å². The first-order valence-electron chi connectivity index (χ1n) is 8.05. The van der Waals surface area contributed by atoms with Gasteiger partial charge in [0.25, 0.3) is 5.91 Å². The smallest absolute Gasteiger partial charge is 0.264 e. The highest BCUT2D eigenvalue weighted by Gasteiger charge is 2.27. The number of carbonyl (C=O) groups is 2. The molecule has 1 aromatic carbocycles. The van der Waals surface area contributed by atoms with E-state index in [9.17, 15) is 9.59 Å². The largest absolute Gasteiger partial charge is 0.339 e. The van der Waals surface area contributed by atoms with E-state index in [1.807, 2.05) is 42.7 Å². The third-order valence-electron chi connectivity index (χ3n) is 4.41. The van der Waals surface area contributed by atoms with Gasteiger partial charge >= 0.3 is 0 Å². The van der Waals surface area contributed by atoms with Gasteiger partial charge in [-0.15, -0.1) is 11.3 Å². The van der Waals surface area contributed by atoms with Crippen LogP contribution in [0.5, 0.6) is 0 Å². The van der Waals surface area contributed by atoms with Gasteiger partial charge < -0.3 is 9.80 Å². The Balaban J connectivity index is 1.74. The molecule has 23 heavy (non-hydrogen) atoms. The predicted octanol–water partition coefficient (Wildman–Crippen LogP) is 3.15. The van der Waals surface area contributed by atoms with Crippen LogP contribution >= 0.6 is 11.3 Å². The number of aryl methyl sites for hydroxylation is 1. The van der Waals surface area contributed by atoms with Gasteiger partial charge in [0.15, 0.2) is 0 Å². The fraction of sp³-hybridized carbons (Fsp3) is 0.444. The van der Waals surface area contributed by atoms with Crippen molar-refractivity contribution < 1.29 is 9.59 Å². The van der Waals surface area contributed by atoms with Gasteiger partial charge in [-0.05, 0) is 23.9 Å². The number of amides is 2. The minimum atomic E-state index is 0.0158. The number of rotatable bonds is 2. The zero-order valence-electron chi connectivity index (χ0n) is 13.8. The molecule has 3 rings (SSSR count). The zero-order valence-corrected chi connectivity index (χ0v) is 14.7. The SMILES string of the molecule is Cc1c(C(=O)N2CCN(C(=O)C(C)C)CC2)sc2ccccc12. The quantitative estimate of drug-likeness (QED) is 0.849. The molecule has 1 aliphatic rings. The predicted molar refractivity (Wildman–Crippen MR) is 93.9 cm³/mol. The van der Waals surface area contributed by atoms with Crippen LogP contribution in [0.4, 0.5) is 0 Å². The monoisotopic (exact) mass is 330 g/mol. The third-order valence-corrected chi connectivity index (χ3v) is 5.67. The van der Waals surface area contributed by atoms with Crippen molar-refractivity contribution in [2.75, 3.05) is 26.2 Å². The molecule has 2 aromatic rings. The Morgan fingerprint density at radius 3 is 2.26 bits per heavy atom. The highest BCUT2D eigenvalue weighted by atomic mass is 32.1. The van der Waals surface area contributed by atoms with Crippen LogP contribution in [0.25, 0.3) is 10.1 Å². The lowest BCUT2D eigenvalue weighted by molar-refractivity contribution is -0.135. The summed E-state index contributed by atoms with van der Waals surface area (Å²) < 4.78 is 1.15. The molecule has 122 valence electrons. The van der Waals surface area contributed by atoms with Crippen molar-refractivity contribution in [1.29, 1.82) is 0 Å². The van der Waals surface area contributed by atoms with Gasteiger partial charge in [0.2, 0.25) is 5.91 Å². The topological polar surface area (TPSA) is 40.6 Å². The molecule has 1 saturated heterocycles. The molecule has 0 atom stereocenters. The van der Waals surface area contributed by atoms with Crippen LogP contribution in [0, 0.1) is 12.8 Å². The minimum absolute atomic E-state index is 0.0158. The van der Waals surface area contributed by atoms with Crippen molar-refractivity contribution in [3.8, 4) is 0 Å².